The van der Waals surface area contributed by atoms with Crippen molar-refractivity contribution < 1.29 is 14.6 Å². The highest BCUT2D eigenvalue weighted by molar-refractivity contribution is 5.32. The van der Waals surface area contributed by atoms with Gasteiger partial charge in [0.1, 0.15) is 5.75 Å². The molecule has 0 radical (unpaired) electrons. The van der Waals surface area contributed by atoms with Crippen LogP contribution >= 0.6 is 0 Å². The first-order chi connectivity index (χ1) is 10.8. The number of benzene rings is 2. The van der Waals surface area contributed by atoms with Crippen LogP contribution in [-0.4, -0.2) is 24.9 Å². The highest BCUT2D eigenvalue weighted by Gasteiger charge is 2.33. The van der Waals surface area contributed by atoms with Gasteiger partial charge in [-0.2, -0.15) is 0 Å². The largest absolute Gasteiger partial charge is 0.497 e. The molecule has 0 unspecified atom stereocenters. The van der Waals surface area contributed by atoms with Gasteiger partial charge in [0.2, 0.25) is 0 Å². The Bertz CT molecular complexity index is 579. The van der Waals surface area contributed by atoms with Gasteiger partial charge >= 0.3 is 0 Å². The minimum absolute atomic E-state index is 0.0134. The predicted octanol–water partition coefficient (Wildman–Crippen LogP) is 3.69. The number of methoxy groups -OCH3 is 1. The first-order valence-electron chi connectivity index (χ1n) is 7.77. The van der Waals surface area contributed by atoms with Crippen molar-refractivity contribution in [3.63, 3.8) is 0 Å². The first kappa shape index (κ1) is 15.1. The topological polar surface area (TPSA) is 38.7 Å². The maximum absolute atomic E-state index is 9.44. The van der Waals surface area contributed by atoms with Crippen LogP contribution in [0.1, 0.15) is 36.0 Å². The van der Waals surface area contributed by atoms with Gasteiger partial charge in [-0.25, -0.2) is 0 Å². The van der Waals surface area contributed by atoms with Crippen LogP contribution in [0.2, 0.25) is 0 Å². The SMILES string of the molecule is COc1ccc([C@@H]2CC[C@@H](CO)O[C@H]2c2ccccc2)cc1. The Balaban J connectivity index is 1.89. The van der Waals surface area contributed by atoms with E-state index in [1.807, 2.05) is 30.3 Å². The monoisotopic (exact) mass is 298 g/mol. The van der Waals surface area contributed by atoms with Gasteiger partial charge in [-0.3, -0.25) is 0 Å². The van der Waals surface area contributed by atoms with E-state index in [1.165, 1.54) is 11.1 Å². The summed E-state index contributed by atoms with van der Waals surface area (Å²) in [5, 5.41) is 9.44. The lowest BCUT2D eigenvalue weighted by Gasteiger charge is -2.36. The van der Waals surface area contributed by atoms with Gasteiger partial charge in [0.15, 0.2) is 0 Å². The van der Waals surface area contributed by atoms with E-state index < -0.39 is 0 Å². The molecular weight excluding hydrogens is 276 g/mol. The summed E-state index contributed by atoms with van der Waals surface area (Å²) in [5.74, 6) is 1.17. The summed E-state index contributed by atoms with van der Waals surface area (Å²) < 4.78 is 11.4. The van der Waals surface area contributed by atoms with Crippen molar-refractivity contribution >= 4 is 0 Å². The third-order valence-electron chi connectivity index (χ3n) is 4.38. The third-order valence-corrected chi connectivity index (χ3v) is 4.38. The fourth-order valence-corrected chi connectivity index (χ4v) is 3.17. The molecule has 116 valence electrons. The molecule has 0 amide bonds. The summed E-state index contributed by atoms with van der Waals surface area (Å²) in [4.78, 5) is 0. The average Bonchev–Trinajstić information content (AvgIpc) is 2.62. The number of rotatable bonds is 4. The van der Waals surface area contributed by atoms with Crippen LogP contribution in [0.3, 0.4) is 0 Å². The lowest BCUT2D eigenvalue weighted by molar-refractivity contribution is -0.0853. The molecular formula is C19H22O3. The van der Waals surface area contributed by atoms with Gasteiger partial charge < -0.3 is 14.6 Å². The van der Waals surface area contributed by atoms with Crippen LogP contribution in [0, 0.1) is 0 Å². The second-order valence-electron chi connectivity index (χ2n) is 5.73. The number of hydrogen-bond acceptors (Lipinski definition) is 3. The van der Waals surface area contributed by atoms with E-state index in [0.29, 0.717) is 5.92 Å². The van der Waals surface area contributed by atoms with E-state index in [9.17, 15) is 5.11 Å². The first-order valence-corrected chi connectivity index (χ1v) is 7.77. The molecule has 3 heteroatoms. The lowest BCUT2D eigenvalue weighted by Crippen LogP contribution is -2.30. The van der Waals surface area contributed by atoms with Crippen LogP contribution in [0.15, 0.2) is 54.6 Å². The Hall–Kier alpha value is -1.84. The molecule has 1 aliphatic heterocycles. The molecule has 3 nitrogen and oxygen atoms in total. The smallest absolute Gasteiger partial charge is 0.118 e. The van der Waals surface area contributed by atoms with Crippen molar-refractivity contribution in [1.82, 2.24) is 0 Å². The maximum atomic E-state index is 9.44. The van der Waals surface area contributed by atoms with Gasteiger partial charge in [0.05, 0.1) is 25.9 Å². The maximum Gasteiger partial charge on any atom is 0.118 e. The van der Waals surface area contributed by atoms with Crippen LogP contribution in [0.4, 0.5) is 0 Å². The molecule has 0 bridgehead atoms. The van der Waals surface area contributed by atoms with E-state index >= 15 is 0 Å². The normalized spacial score (nSPS) is 24.9. The zero-order valence-electron chi connectivity index (χ0n) is 12.8. The highest BCUT2D eigenvalue weighted by atomic mass is 16.5. The van der Waals surface area contributed by atoms with Gasteiger partial charge in [-0.05, 0) is 36.1 Å². The molecule has 2 aromatic carbocycles. The quantitative estimate of drug-likeness (QED) is 0.935. The summed E-state index contributed by atoms with van der Waals surface area (Å²) in [6.45, 7) is 0.0820. The van der Waals surface area contributed by atoms with Crippen LogP contribution < -0.4 is 4.74 Å². The second kappa shape index (κ2) is 6.95. The minimum atomic E-state index is -0.0697. The summed E-state index contributed by atoms with van der Waals surface area (Å²) >= 11 is 0. The number of ether oxygens (including phenoxy) is 2. The molecule has 1 saturated heterocycles. The molecule has 1 aliphatic rings. The third kappa shape index (κ3) is 3.16. The van der Waals surface area contributed by atoms with Gasteiger partial charge in [-0.1, -0.05) is 42.5 Å². The zero-order chi connectivity index (χ0) is 15.4. The highest BCUT2D eigenvalue weighted by Crippen LogP contribution is 2.42. The summed E-state index contributed by atoms with van der Waals surface area (Å²) in [6.07, 6.45) is 1.81. The average molecular weight is 298 g/mol. The Labute approximate surface area is 131 Å². The molecule has 3 atom stereocenters. The standard InChI is InChI=1S/C19H22O3/c1-21-16-9-7-14(8-10-16)18-12-11-17(13-20)22-19(18)15-5-3-2-4-6-15/h2-10,17-20H,11-13H2,1H3/t17-,18-,19-/m0/s1. The molecule has 0 aliphatic carbocycles. The fourth-order valence-electron chi connectivity index (χ4n) is 3.17. The van der Waals surface area contributed by atoms with Crippen molar-refractivity contribution in [3.05, 3.63) is 65.7 Å². The van der Waals surface area contributed by atoms with Crippen molar-refractivity contribution in [2.75, 3.05) is 13.7 Å². The molecule has 0 saturated carbocycles. The second-order valence-corrected chi connectivity index (χ2v) is 5.73. The lowest BCUT2D eigenvalue weighted by atomic mass is 9.82. The number of aliphatic hydroxyl groups excluding tert-OH is 1. The van der Waals surface area contributed by atoms with E-state index in [2.05, 4.69) is 24.3 Å². The molecule has 1 N–H and O–H groups in total. The molecule has 2 aromatic rings. The number of aliphatic hydroxyl groups is 1. The Morgan fingerprint density at radius 2 is 1.73 bits per heavy atom. The minimum Gasteiger partial charge on any atom is -0.497 e. The predicted molar refractivity (Wildman–Crippen MR) is 86.1 cm³/mol. The Morgan fingerprint density at radius 1 is 1.00 bits per heavy atom. The number of hydrogen-bond donors (Lipinski definition) is 1. The fraction of sp³-hybridized carbons (Fsp3) is 0.368. The molecule has 22 heavy (non-hydrogen) atoms. The van der Waals surface area contributed by atoms with Gasteiger partial charge in [0.25, 0.3) is 0 Å². The van der Waals surface area contributed by atoms with Crippen molar-refractivity contribution in [2.45, 2.75) is 31.0 Å². The van der Waals surface area contributed by atoms with Crippen LogP contribution in [-0.2, 0) is 4.74 Å². The van der Waals surface area contributed by atoms with Crippen molar-refractivity contribution in [1.29, 1.82) is 0 Å². The van der Waals surface area contributed by atoms with E-state index in [-0.39, 0.29) is 18.8 Å². The molecule has 1 fully saturated rings. The summed E-state index contributed by atoms with van der Waals surface area (Å²) in [6, 6.07) is 18.5. The van der Waals surface area contributed by atoms with E-state index in [1.54, 1.807) is 7.11 Å². The molecule has 0 spiro atoms. The zero-order valence-corrected chi connectivity index (χ0v) is 12.8. The van der Waals surface area contributed by atoms with Crippen LogP contribution in [0.5, 0.6) is 5.75 Å². The van der Waals surface area contributed by atoms with Crippen molar-refractivity contribution in [2.24, 2.45) is 0 Å². The summed E-state index contributed by atoms with van der Waals surface area (Å²) in [7, 11) is 1.68. The van der Waals surface area contributed by atoms with Crippen molar-refractivity contribution in [3.8, 4) is 5.75 Å². The summed E-state index contributed by atoms with van der Waals surface area (Å²) in [5.41, 5.74) is 2.42. The van der Waals surface area contributed by atoms with Gasteiger partial charge in [0, 0.05) is 5.92 Å². The Morgan fingerprint density at radius 3 is 2.36 bits per heavy atom. The van der Waals surface area contributed by atoms with Gasteiger partial charge in [-0.15, -0.1) is 0 Å². The Kier molecular flexibility index (Phi) is 4.76. The molecule has 1 heterocycles. The van der Waals surface area contributed by atoms with Crippen LogP contribution in [0.25, 0.3) is 0 Å². The molecule has 3 rings (SSSR count). The van der Waals surface area contributed by atoms with E-state index in [4.69, 9.17) is 9.47 Å². The molecule has 0 aromatic heterocycles. The van der Waals surface area contributed by atoms with E-state index in [0.717, 1.165) is 18.6 Å².